The Balaban J connectivity index is 2.63. The first-order valence-electron chi connectivity index (χ1n) is 5.18. The number of imidazole rings is 1. The number of hydrogen-bond acceptors (Lipinski definition) is 4. The van der Waals surface area contributed by atoms with Crippen molar-refractivity contribution in [3.8, 4) is 0 Å². The Bertz CT molecular complexity index is 715. The number of carboxylic acids is 1. The summed E-state index contributed by atoms with van der Waals surface area (Å²) in [6.45, 7) is 2.34. The van der Waals surface area contributed by atoms with E-state index in [1.165, 1.54) is 38.4 Å². The third-order valence-electron chi connectivity index (χ3n) is 2.89. The number of rotatable bonds is 3. The molecule has 0 spiro atoms. The van der Waals surface area contributed by atoms with E-state index in [9.17, 15) is 13.2 Å². The van der Waals surface area contributed by atoms with Crippen molar-refractivity contribution in [2.75, 3.05) is 0 Å². The molecule has 2 N–H and O–H groups in total. The molecule has 0 bridgehead atoms. The lowest BCUT2D eigenvalue weighted by Gasteiger charge is -2.19. The molecule has 1 heterocycles. The highest BCUT2D eigenvalue weighted by atomic mass is 32.2. The highest BCUT2D eigenvalue weighted by Crippen LogP contribution is 2.27. The van der Waals surface area contributed by atoms with Crippen LogP contribution in [0.4, 0.5) is 0 Å². The molecule has 0 aliphatic heterocycles. The fourth-order valence-electron chi connectivity index (χ4n) is 1.49. The molecule has 0 saturated carbocycles. The molecule has 2 rings (SSSR count). The first kappa shape index (κ1) is 12.6. The van der Waals surface area contributed by atoms with Crippen LogP contribution in [0.2, 0.25) is 0 Å². The molecule has 2 aromatic rings. The van der Waals surface area contributed by atoms with E-state index in [2.05, 4.69) is 9.97 Å². The number of H-pyrrole nitrogens is 1. The van der Waals surface area contributed by atoms with Crippen LogP contribution in [0.15, 0.2) is 29.4 Å². The molecule has 0 radical (unpaired) electrons. The van der Waals surface area contributed by atoms with Crippen LogP contribution in [0.1, 0.15) is 13.8 Å². The lowest BCUT2D eigenvalue weighted by Crippen LogP contribution is -2.40. The highest BCUT2D eigenvalue weighted by molar-refractivity contribution is 7.93. The molecule has 0 aliphatic carbocycles. The molecular weight excluding hydrogens is 256 g/mol. The second kappa shape index (κ2) is 3.81. The summed E-state index contributed by atoms with van der Waals surface area (Å²) in [4.78, 5) is 17.8. The second-order valence-electron chi connectivity index (χ2n) is 4.40. The minimum atomic E-state index is -3.95. The molecule has 0 atom stereocenters. The molecule has 7 heteroatoms. The molecule has 6 nitrogen and oxygen atoms in total. The van der Waals surface area contributed by atoms with Crippen molar-refractivity contribution in [1.82, 2.24) is 9.97 Å². The topological polar surface area (TPSA) is 100 Å². The van der Waals surface area contributed by atoms with Crippen molar-refractivity contribution in [2.45, 2.75) is 23.5 Å². The van der Waals surface area contributed by atoms with Gasteiger partial charge in [0, 0.05) is 0 Å². The first-order valence-corrected chi connectivity index (χ1v) is 6.66. The normalized spacial score (nSPS) is 12.8. The Morgan fingerprint density at radius 2 is 2.06 bits per heavy atom. The monoisotopic (exact) mass is 268 g/mol. The molecule has 18 heavy (non-hydrogen) atoms. The van der Waals surface area contributed by atoms with Crippen molar-refractivity contribution in [2.24, 2.45) is 0 Å². The van der Waals surface area contributed by atoms with Gasteiger partial charge in [0.2, 0.25) is 0 Å². The van der Waals surface area contributed by atoms with Gasteiger partial charge in [0.25, 0.3) is 0 Å². The van der Waals surface area contributed by atoms with Gasteiger partial charge in [-0.05, 0) is 32.0 Å². The van der Waals surface area contributed by atoms with E-state index in [0.29, 0.717) is 11.0 Å². The van der Waals surface area contributed by atoms with Gasteiger partial charge < -0.3 is 10.1 Å². The standard InChI is InChI=1S/C11H12N2O4S/c1-11(2,10(14)15)18(16,17)7-3-4-8-9(5-7)13-6-12-8/h3-6H,1-2H3,(H,12,13)(H,14,15). The quantitative estimate of drug-likeness (QED) is 0.871. The van der Waals surface area contributed by atoms with Crippen LogP contribution in [-0.4, -0.2) is 34.2 Å². The number of hydrogen-bond donors (Lipinski definition) is 2. The van der Waals surface area contributed by atoms with E-state index in [4.69, 9.17) is 5.11 Å². The van der Waals surface area contributed by atoms with Crippen LogP contribution < -0.4 is 0 Å². The summed E-state index contributed by atoms with van der Waals surface area (Å²) >= 11 is 0. The molecule has 0 fully saturated rings. The molecule has 0 aliphatic rings. The van der Waals surface area contributed by atoms with Gasteiger partial charge >= 0.3 is 5.97 Å². The molecule has 0 saturated heterocycles. The molecule has 0 unspecified atom stereocenters. The number of aromatic nitrogens is 2. The van der Waals surface area contributed by atoms with Gasteiger partial charge in [-0.1, -0.05) is 0 Å². The number of sulfone groups is 1. The van der Waals surface area contributed by atoms with E-state index in [-0.39, 0.29) is 4.90 Å². The van der Waals surface area contributed by atoms with Gasteiger partial charge in [-0.3, -0.25) is 4.79 Å². The number of carbonyl (C=O) groups is 1. The lowest BCUT2D eigenvalue weighted by molar-refractivity contribution is -0.139. The fraction of sp³-hybridized carbons (Fsp3) is 0.273. The predicted octanol–water partition coefficient (Wildman–Crippen LogP) is 1.20. The fourth-order valence-corrected chi connectivity index (χ4v) is 2.83. The van der Waals surface area contributed by atoms with E-state index in [0.717, 1.165) is 0 Å². The van der Waals surface area contributed by atoms with Crippen molar-refractivity contribution < 1.29 is 18.3 Å². The van der Waals surface area contributed by atoms with Gasteiger partial charge in [-0.15, -0.1) is 0 Å². The molecule has 0 amide bonds. The SMILES string of the molecule is CC(C)(C(=O)O)S(=O)(=O)c1ccc2nc[nH]c2c1. The van der Waals surface area contributed by atoms with Crippen LogP contribution in [0.5, 0.6) is 0 Å². The van der Waals surface area contributed by atoms with Gasteiger partial charge in [0.05, 0.1) is 22.3 Å². The Hall–Kier alpha value is -1.89. The molecule has 1 aromatic heterocycles. The minimum absolute atomic E-state index is 0.0355. The maximum atomic E-state index is 12.2. The number of carboxylic acid groups (broad SMARTS) is 1. The maximum Gasteiger partial charge on any atom is 0.324 e. The van der Waals surface area contributed by atoms with E-state index >= 15 is 0 Å². The smallest absolute Gasteiger partial charge is 0.324 e. The Kier molecular flexibility index (Phi) is 2.66. The van der Waals surface area contributed by atoms with Crippen molar-refractivity contribution in [1.29, 1.82) is 0 Å². The highest BCUT2D eigenvalue weighted by Gasteiger charge is 2.43. The second-order valence-corrected chi connectivity index (χ2v) is 6.90. The largest absolute Gasteiger partial charge is 0.480 e. The summed E-state index contributed by atoms with van der Waals surface area (Å²) in [5, 5.41) is 9.01. The Morgan fingerprint density at radius 3 is 2.67 bits per heavy atom. The number of benzene rings is 1. The molecule has 1 aromatic carbocycles. The zero-order chi connectivity index (χ0) is 13.6. The van der Waals surface area contributed by atoms with Crippen LogP contribution >= 0.6 is 0 Å². The first-order chi connectivity index (χ1) is 8.26. The number of fused-ring (bicyclic) bond motifs is 1. The van der Waals surface area contributed by atoms with Crippen molar-refractivity contribution in [3.05, 3.63) is 24.5 Å². The van der Waals surface area contributed by atoms with Crippen molar-refractivity contribution >= 4 is 26.8 Å². The number of nitrogens with zero attached hydrogens (tertiary/aromatic N) is 1. The zero-order valence-corrected chi connectivity index (χ0v) is 10.7. The van der Waals surface area contributed by atoms with Gasteiger partial charge in [-0.2, -0.15) is 0 Å². The summed E-state index contributed by atoms with van der Waals surface area (Å²) < 4.78 is 22.6. The third-order valence-corrected chi connectivity index (χ3v) is 5.28. The molecular formula is C11H12N2O4S. The lowest BCUT2D eigenvalue weighted by atomic mass is 10.2. The van der Waals surface area contributed by atoms with Gasteiger partial charge in [0.1, 0.15) is 0 Å². The van der Waals surface area contributed by atoms with Crippen LogP contribution in [0.3, 0.4) is 0 Å². The number of aromatic amines is 1. The third kappa shape index (κ3) is 1.67. The number of nitrogens with one attached hydrogen (secondary N) is 1. The zero-order valence-electron chi connectivity index (χ0n) is 9.84. The van der Waals surface area contributed by atoms with E-state index < -0.39 is 20.6 Å². The van der Waals surface area contributed by atoms with E-state index in [1.54, 1.807) is 0 Å². The maximum absolute atomic E-state index is 12.2. The molecule has 96 valence electrons. The Morgan fingerprint density at radius 1 is 1.39 bits per heavy atom. The van der Waals surface area contributed by atoms with Crippen LogP contribution in [-0.2, 0) is 14.6 Å². The summed E-state index contributed by atoms with van der Waals surface area (Å²) in [5.41, 5.74) is 1.18. The summed E-state index contributed by atoms with van der Waals surface area (Å²) in [7, 11) is -3.95. The van der Waals surface area contributed by atoms with E-state index in [1.807, 2.05) is 0 Å². The summed E-state index contributed by atoms with van der Waals surface area (Å²) in [6.07, 6.45) is 1.45. The van der Waals surface area contributed by atoms with Gasteiger partial charge in [0.15, 0.2) is 14.6 Å². The van der Waals surface area contributed by atoms with Crippen LogP contribution in [0.25, 0.3) is 11.0 Å². The average Bonchev–Trinajstić information content (AvgIpc) is 2.75. The Labute approximate surface area is 104 Å². The number of aliphatic carboxylic acids is 1. The van der Waals surface area contributed by atoms with Crippen molar-refractivity contribution in [3.63, 3.8) is 0 Å². The predicted molar refractivity (Wildman–Crippen MR) is 65.0 cm³/mol. The average molecular weight is 268 g/mol. The summed E-state index contributed by atoms with van der Waals surface area (Å²) in [5.74, 6) is -1.38. The summed E-state index contributed by atoms with van der Waals surface area (Å²) in [6, 6.07) is 4.29. The van der Waals surface area contributed by atoms with Crippen LogP contribution in [0, 0.1) is 0 Å². The minimum Gasteiger partial charge on any atom is -0.480 e. The van der Waals surface area contributed by atoms with Gasteiger partial charge in [-0.25, -0.2) is 13.4 Å².